The molecule has 0 saturated carbocycles. The molecule has 0 spiro atoms. The molecule has 1 atom stereocenters. The molecule has 0 saturated heterocycles. The molecule has 0 aromatic heterocycles. The van der Waals surface area contributed by atoms with E-state index < -0.39 is 10.0 Å². The van der Waals surface area contributed by atoms with Crippen LogP contribution >= 0.6 is 0 Å². The third kappa shape index (κ3) is 4.75. The molecule has 0 radical (unpaired) electrons. The van der Waals surface area contributed by atoms with E-state index in [-0.39, 0.29) is 10.8 Å². The normalized spacial score (nSPS) is 16.1. The van der Waals surface area contributed by atoms with Crippen LogP contribution in [-0.4, -0.2) is 60.0 Å². The lowest BCUT2D eigenvalue weighted by molar-refractivity contribution is -0.907. The Balaban J connectivity index is 1.62. The zero-order valence-electron chi connectivity index (χ0n) is 17.7. The second-order valence-corrected chi connectivity index (χ2v) is 9.59. The fourth-order valence-electron chi connectivity index (χ4n) is 3.53. The van der Waals surface area contributed by atoms with Gasteiger partial charge in [0.2, 0.25) is 10.0 Å². The van der Waals surface area contributed by atoms with Crippen LogP contribution in [0.4, 0.5) is 5.69 Å². The standard InChI is InChI=1S/C21H27N3O5S/c1-23(2)30(26,27)18-7-5-17(6-8-18)22-21(25)14-24-10-9-15-11-19(28-3)20(29-4)12-16(15)13-24/h5-8,11-12H,9-10,13-14H2,1-4H3,(H,22,25)/p+1. The van der Waals surface area contributed by atoms with Crippen LogP contribution in [0.3, 0.4) is 0 Å². The number of sulfonamides is 1. The maximum absolute atomic E-state index is 12.5. The van der Waals surface area contributed by atoms with Gasteiger partial charge in [0.25, 0.3) is 5.91 Å². The predicted octanol–water partition coefficient (Wildman–Crippen LogP) is 0.534. The van der Waals surface area contributed by atoms with Crippen LogP contribution in [0.25, 0.3) is 0 Å². The van der Waals surface area contributed by atoms with Gasteiger partial charge in [0.15, 0.2) is 18.0 Å². The first-order chi connectivity index (χ1) is 14.2. The zero-order valence-corrected chi connectivity index (χ0v) is 18.5. The van der Waals surface area contributed by atoms with Crippen LogP contribution in [0.2, 0.25) is 0 Å². The summed E-state index contributed by atoms with van der Waals surface area (Å²) in [5.41, 5.74) is 2.94. The Labute approximate surface area is 177 Å². The van der Waals surface area contributed by atoms with E-state index in [9.17, 15) is 13.2 Å². The first kappa shape index (κ1) is 22.1. The molecule has 1 amide bonds. The van der Waals surface area contributed by atoms with Gasteiger partial charge in [-0.2, -0.15) is 0 Å². The number of carbonyl (C=O) groups is 1. The molecule has 30 heavy (non-hydrogen) atoms. The summed E-state index contributed by atoms with van der Waals surface area (Å²) in [4.78, 5) is 13.8. The smallest absolute Gasteiger partial charge is 0.279 e. The molecule has 0 fully saturated rings. The monoisotopic (exact) mass is 434 g/mol. The van der Waals surface area contributed by atoms with Crippen LogP contribution in [0.1, 0.15) is 11.1 Å². The molecule has 0 bridgehead atoms. The number of fused-ring (bicyclic) bond motifs is 1. The minimum atomic E-state index is -3.49. The summed E-state index contributed by atoms with van der Waals surface area (Å²) in [5.74, 6) is 1.30. The number of quaternary nitrogens is 1. The number of nitrogens with one attached hydrogen (secondary N) is 2. The molecule has 1 heterocycles. The Morgan fingerprint density at radius 2 is 1.67 bits per heavy atom. The SMILES string of the molecule is COc1cc2c(cc1OC)C[NH+](CC(=O)Nc1ccc(S(=O)(=O)N(C)C)cc1)CC2. The van der Waals surface area contributed by atoms with Gasteiger partial charge in [0.1, 0.15) is 6.54 Å². The minimum Gasteiger partial charge on any atom is -0.493 e. The van der Waals surface area contributed by atoms with E-state index in [1.54, 1.807) is 26.4 Å². The Kier molecular flexibility index (Phi) is 6.64. The number of amides is 1. The Morgan fingerprint density at radius 1 is 1.07 bits per heavy atom. The molecule has 2 aromatic rings. The van der Waals surface area contributed by atoms with Crippen molar-refractivity contribution in [2.24, 2.45) is 0 Å². The second kappa shape index (κ2) is 9.03. The van der Waals surface area contributed by atoms with E-state index in [0.717, 1.165) is 40.0 Å². The topological polar surface area (TPSA) is 89.4 Å². The lowest BCUT2D eigenvalue weighted by Crippen LogP contribution is -3.12. The lowest BCUT2D eigenvalue weighted by atomic mass is 9.99. The summed E-state index contributed by atoms with van der Waals surface area (Å²) in [6.07, 6.45) is 0.857. The highest BCUT2D eigenvalue weighted by Crippen LogP contribution is 2.31. The molecule has 0 aliphatic carbocycles. The van der Waals surface area contributed by atoms with Crippen molar-refractivity contribution in [3.05, 3.63) is 47.5 Å². The molecule has 2 aromatic carbocycles. The summed E-state index contributed by atoms with van der Waals surface area (Å²) in [7, 11) is 2.71. The molecule has 1 aliphatic rings. The maximum atomic E-state index is 12.5. The summed E-state index contributed by atoms with van der Waals surface area (Å²) in [6.45, 7) is 1.89. The highest BCUT2D eigenvalue weighted by atomic mass is 32.2. The van der Waals surface area contributed by atoms with E-state index in [2.05, 4.69) is 5.32 Å². The number of hydrogen-bond acceptors (Lipinski definition) is 5. The lowest BCUT2D eigenvalue weighted by Gasteiger charge is -2.26. The van der Waals surface area contributed by atoms with Crippen molar-refractivity contribution in [2.75, 3.05) is 46.7 Å². The minimum absolute atomic E-state index is 0.114. The quantitative estimate of drug-likeness (QED) is 0.664. The predicted molar refractivity (Wildman–Crippen MR) is 114 cm³/mol. The van der Waals surface area contributed by atoms with Gasteiger partial charge in [-0.15, -0.1) is 0 Å². The highest BCUT2D eigenvalue weighted by Gasteiger charge is 2.24. The average molecular weight is 435 g/mol. The third-order valence-corrected chi connectivity index (χ3v) is 7.05. The van der Waals surface area contributed by atoms with Crippen molar-refractivity contribution < 1.29 is 27.6 Å². The fourth-order valence-corrected chi connectivity index (χ4v) is 4.44. The number of benzene rings is 2. The highest BCUT2D eigenvalue weighted by molar-refractivity contribution is 7.89. The van der Waals surface area contributed by atoms with Gasteiger partial charge < -0.3 is 19.7 Å². The second-order valence-electron chi connectivity index (χ2n) is 7.44. The molecular formula is C21H28N3O5S+. The van der Waals surface area contributed by atoms with Gasteiger partial charge in [0.05, 0.1) is 25.7 Å². The molecule has 2 N–H and O–H groups in total. The Hall–Kier alpha value is -2.62. The molecule has 8 nitrogen and oxygen atoms in total. The van der Waals surface area contributed by atoms with Crippen molar-refractivity contribution in [1.82, 2.24) is 4.31 Å². The summed E-state index contributed by atoms with van der Waals surface area (Å²) >= 11 is 0. The van der Waals surface area contributed by atoms with Gasteiger partial charge in [-0.1, -0.05) is 0 Å². The van der Waals surface area contributed by atoms with Crippen molar-refractivity contribution in [3.63, 3.8) is 0 Å². The summed E-state index contributed by atoms with van der Waals surface area (Å²) in [6, 6.07) is 10.2. The number of anilines is 1. The number of nitrogens with zero attached hydrogens (tertiary/aromatic N) is 1. The van der Waals surface area contributed by atoms with Crippen LogP contribution in [0.15, 0.2) is 41.3 Å². The van der Waals surface area contributed by atoms with Crippen molar-refractivity contribution >= 4 is 21.6 Å². The van der Waals surface area contributed by atoms with E-state index >= 15 is 0 Å². The molecule has 1 unspecified atom stereocenters. The molecular weight excluding hydrogens is 406 g/mol. The van der Waals surface area contributed by atoms with Gasteiger partial charge in [-0.25, -0.2) is 12.7 Å². The number of hydrogen-bond donors (Lipinski definition) is 2. The van der Waals surface area contributed by atoms with Gasteiger partial charge in [-0.3, -0.25) is 4.79 Å². The van der Waals surface area contributed by atoms with Crippen LogP contribution in [0.5, 0.6) is 11.5 Å². The van der Waals surface area contributed by atoms with E-state index in [1.165, 1.54) is 31.8 Å². The zero-order chi connectivity index (χ0) is 21.9. The molecule has 1 aliphatic heterocycles. The van der Waals surface area contributed by atoms with Crippen LogP contribution in [-0.2, 0) is 27.8 Å². The van der Waals surface area contributed by atoms with E-state index in [1.807, 2.05) is 12.1 Å². The summed E-state index contributed by atoms with van der Waals surface area (Å²) < 4.78 is 36.2. The largest absolute Gasteiger partial charge is 0.493 e. The van der Waals surface area contributed by atoms with Crippen LogP contribution < -0.4 is 19.7 Å². The molecule has 162 valence electrons. The van der Waals surface area contributed by atoms with E-state index in [4.69, 9.17) is 9.47 Å². The number of rotatable bonds is 7. The Morgan fingerprint density at radius 3 is 2.23 bits per heavy atom. The fraction of sp³-hybridized carbons (Fsp3) is 0.381. The number of ether oxygens (including phenoxy) is 2. The van der Waals surface area contributed by atoms with Gasteiger partial charge in [0, 0.05) is 31.8 Å². The summed E-state index contributed by atoms with van der Waals surface area (Å²) in [5, 5.41) is 2.85. The molecule has 9 heteroatoms. The average Bonchev–Trinajstić information content (AvgIpc) is 2.72. The van der Waals surface area contributed by atoms with Gasteiger partial charge in [-0.05, 0) is 42.0 Å². The van der Waals surface area contributed by atoms with Gasteiger partial charge >= 0.3 is 0 Å². The number of carbonyl (C=O) groups excluding carboxylic acids is 1. The third-order valence-electron chi connectivity index (χ3n) is 5.22. The molecule has 3 rings (SSSR count). The first-order valence-electron chi connectivity index (χ1n) is 9.64. The van der Waals surface area contributed by atoms with Crippen LogP contribution in [0, 0.1) is 0 Å². The van der Waals surface area contributed by atoms with E-state index in [0.29, 0.717) is 18.0 Å². The van der Waals surface area contributed by atoms with Crippen molar-refractivity contribution in [3.8, 4) is 11.5 Å². The first-order valence-corrected chi connectivity index (χ1v) is 11.1. The Bertz CT molecular complexity index is 1020. The number of methoxy groups -OCH3 is 2. The maximum Gasteiger partial charge on any atom is 0.279 e. The van der Waals surface area contributed by atoms with Crippen molar-refractivity contribution in [2.45, 2.75) is 17.9 Å². The van der Waals surface area contributed by atoms with Crippen molar-refractivity contribution in [1.29, 1.82) is 0 Å².